The van der Waals surface area contributed by atoms with Gasteiger partial charge >= 0.3 is 0 Å². The van der Waals surface area contributed by atoms with E-state index in [4.69, 9.17) is 23.2 Å². The molecule has 1 unspecified atom stereocenters. The minimum absolute atomic E-state index is 0.152. The van der Waals surface area contributed by atoms with Crippen LogP contribution in [0.2, 0.25) is 5.02 Å². The first kappa shape index (κ1) is 14.4. The van der Waals surface area contributed by atoms with Crippen molar-refractivity contribution in [1.29, 1.82) is 0 Å². The highest BCUT2D eigenvalue weighted by molar-refractivity contribution is 6.30. The average Bonchev–Trinajstić information content (AvgIpc) is 2.36. The average molecular weight is 293 g/mol. The second-order valence-corrected chi connectivity index (χ2v) is 6.01. The third kappa shape index (κ3) is 4.89. The molecule has 0 radical (unpaired) electrons. The summed E-state index contributed by atoms with van der Waals surface area (Å²) < 4.78 is 0. The largest absolute Gasteiger partial charge is 0.123 e. The molecule has 100 valence electrons. The lowest BCUT2D eigenvalue weighted by molar-refractivity contribution is 0.743. The second-order valence-electron chi connectivity index (χ2n) is 4.96. The molecule has 1 atom stereocenters. The Balaban J connectivity index is 1.86. The number of hydrogen-bond donors (Lipinski definition) is 0. The lowest BCUT2D eigenvalue weighted by Gasteiger charge is -2.10. The molecular weight excluding hydrogens is 275 g/mol. The van der Waals surface area contributed by atoms with Gasteiger partial charge in [-0.3, -0.25) is 0 Å². The molecule has 0 saturated carbocycles. The van der Waals surface area contributed by atoms with Crippen molar-refractivity contribution in [3.05, 3.63) is 70.2 Å². The molecule has 0 aliphatic carbocycles. The van der Waals surface area contributed by atoms with E-state index in [2.05, 4.69) is 37.3 Å². The van der Waals surface area contributed by atoms with Gasteiger partial charge in [0.2, 0.25) is 0 Å². The maximum atomic E-state index is 6.41. The summed E-state index contributed by atoms with van der Waals surface area (Å²) in [5.41, 5.74) is 3.87. The van der Waals surface area contributed by atoms with Crippen molar-refractivity contribution >= 4 is 23.2 Å². The Hall–Kier alpha value is -0.980. The first-order valence-electron chi connectivity index (χ1n) is 6.57. The topological polar surface area (TPSA) is 0 Å². The van der Waals surface area contributed by atoms with E-state index in [1.165, 1.54) is 16.7 Å². The first-order chi connectivity index (χ1) is 9.13. The fraction of sp³-hybridized carbons (Fsp3) is 0.294. The van der Waals surface area contributed by atoms with Gasteiger partial charge in [-0.15, -0.1) is 11.6 Å². The second kappa shape index (κ2) is 6.98. The van der Waals surface area contributed by atoms with E-state index >= 15 is 0 Å². The van der Waals surface area contributed by atoms with Crippen LogP contribution >= 0.6 is 23.2 Å². The number of rotatable bonds is 5. The maximum Gasteiger partial charge on any atom is 0.0408 e. The van der Waals surface area contributed by atoms with Gasteiger partial charge in [-0.25, -0.2) is 0 Å². The molecule has 0 aromatic heterocycles. The Labute approximate surface area is 125 Å². The van der Waals surface area contributed by atoms with Gasteiger partial charge in [-0.05, 0) is 49.4 Å². The van der Waals surface area contributed by atoms with Crippen LogP contribution in [0, 0.1) is 6.92 Å². The standard InChI is InChI=1S/C17H18Cl2/c1-13-4-2-5-14(10-13)8-9-17(19)12-15-6-3-7-16(18)11-15/h2-7,10-11,17H,8-9,12H2,1H3. The molecule has 19 heavy (non-hydrogen) atoms. The van der Waals surface area contributed by atoms with E-state index in [-0.39, 0.29) is 5.38 Å². The van der Waals surface area contributed by atoms with Gasteiger partial charge < -0.3 is 0 Å². The van der Waals surface area contributed by atoms with E-state index in [0.717, 1.165) is 24.3 Å². The Morgan fingerprint density at radius 2 is 1.74 bits per heavy atom. The molecule has 2 aromatic carbocycles. The van der Waals surface area contributed by atoms with Crippen LogP contribution in [0.1, 0.15) is 23.1 Å². The fourth-order valence-corrected chi connectivity index (χ4v) is 2.71. The summed E-state index contributed by atoms with van der Waals surface area (Å²) in [5, 5.41) is 0.930. The normalized spacial score (nSPS) is 12.4. The van der Waals surface area contributed by atoms with Crippen LogP contribution in [0.15, 0.2) is 48.5 Å². The molecule has 0 aliphatic heterocycles. The molecule has 0 bridgehead atoms. The zero-order valence-electron chi connectivity index (χ0n) is 11.1. The van der Waals surface area contributed by atoms with Gasteiger partial charge in [0.15, 0.2) is 0 Å². The number of hydrogen-bond acceptors (Lipinski definition) is 0. The summed E-state index contributed by atoms with van der Waals surface area (Å²) in [6.07, 6.45) is 2.88. The van der Waals surface area contributed by atoms with Crippen molar-refractivity contribution in [2.24, 2.45) is 0 Å². The molecule has 0 nitrogen and oxygen atoms in total. The van der Waals surface area contributed by atoms with Gasteiger partial charge in [-0.2, -0.15) is 0 Å². The molecule has 0 N–H and O–H groups in total. The van der Waals surface area contributed by atoms with Crippen LogP contribution in [0.25, 0.3) is 0 Å². The summed E-state index contributed by atoms with van der Waals surface area (Å²) in [7, 11) is 0. The zero-order chi connectivity index (χ0) is 13.7. The minimum Gasteiger partial charge on any atom is -0.123 e. The van der Waals surface area contributed by atoms with E-state index in [1.807, 2.05) is 18.2 Å². The van der Waals surface area contributed by atoms with Gasteiger partial charge in [0.05, 0.1) is 0 Å². The zero-order valence-corrected chi connectivity index (χ0v) is 12.6. The van der Waals surface area contributed by atoms with Crippen LogP contribution in [-0.2, 0) is 12.8 Å². The Morgan fingerprint density at radius 1 is 1.00 bits per heavy atom. The first-order valence-corrected chi connectivity index (χ1v) is 7.39. The number of alkyl halides is 1. The monoisotopic (exact) mass is 292 g/mol. The predicted octanol–water partition coefficient (Wildman–Crippen LogP) is 5.43. The summed E-state index contributed by atoms with van der Waals surface area (Å²) in [6.45, 7) is 2.12. The third-order valence-corrected chi connectivity index (χ3v) is 3.78. The van der Waals surface area contributed by atoms with Gasteiger partial charge in [-0.1, -0.05) is 53.6 Å². The Kier molecular flexibility index (Phi) is 5.30. The van der Waals surface area contributed by atoms with Crippen molar-refractivity contribution in [2.45, 2.75) is 31.6 Å². The minimum atomic E-state index is 0.152. The molecule has 0 fully saturated rings. The highest BCUT2D eigenvalue weighted by atomic mass is 35.5. The van der Waals surface area contributed by atoms with Gasteiger partial charge in [0.25, 0.3) is 0 Å². The third-order valence-electron chi connectivity index (χ3n) is 3.17. The Morgan fingerprint density at radius 3 is 2.47 bits per heavy atom. The molecule has 0 amide bonds. The fourth-order valence-electron chi connectivity index (χ4n) is 2.21. The van der Waals surface area contributed by atoms with Crippen molar-refractivity contribution in [1.82, 2.24) is 0 Å². The molecule has 0 heterocycles. The lowest BCUT2D eigenvalue weighted by Crippen LogP contribution is -2.05. The van der Waals surface area contributed by atoms with Crippen LogP contribution in [0.5, 0.6) is 0 Å². The molecule has 0 spiro atoms. The predicted molar refractivity (Wildman–Crippen MR) is 84.3 cm³/mol. The SMILES string of the molecule is Cc1cccc(CCC(Cl)Cc2cccc(Cl)c2)c1. The van der Waals surface area contributed by atoms with Crippen molar-refractivity contribution in [3.8, 4) is 0 Å². The smallest absolute Gasteiger partial charge is 0.0408 e. The summed E-state index contributed by atoms with van der Waals surface area (Å²) in [5.74, 6) is 0. The maximum absolute atomic E-state index is 6.41. The molecule has 0 saturated heterocycles. The molecule has 0 aliphatic rings. The van der Waals surface area contributed by atoms with Crippen molar-refractivity contribution < 1.29 is 0 Å². The van der Waals surface area contributed by atoms with E-state index in [0.29, 0.717) is 0 Å². The summed E-state index contributed by atoms with van der Waals surface area (Å²) in [6, 6.07) is 16.5. The van der Waals surface area contributed by atoms with Crippen LogP contribution in [0.4, 0.5) is 0 Å². The van der Waals surface area contributed by atoms with E-state index in [9.17, 15) is 0 Å². The van der Waals surface area contributed by atoms with Crippen LogP contribution in [0.3, 0.4) is 0 Å². The quantitative estimate of drug-likeness (QED) is 0.645. The summed E-state index contributed by atoms with van der Waals surface area (Å²) >= 11 is 12.4. The Bertz CT molecular complexity index is 534. The molecule has 2 heteroatoms. The lowest BCUT2D eigenvalue weighted by atomic mass is 10.0. The molecule has 2 aromatic rings. The van der Waals surface area contributed by atoms with E-state index < -0.39 is 0 Å². The highest BCUT2D eigenvalue weighted by Crippen LogP contribution is 2.18. The van der Waals surface area contributed by atoms with E-state index in [1.54, 1.807) is 0 Å². The number of benzene rings is 2. The number of halogens is 2. The van der Waals surface area contributed by atoms with Crippen molar-refractivity contribution in [3.63, 3.8) is 0 Å². The highest BCUT2D eigenvalue weighted by Gasteiger charge is 2.07. The molecule has 2 rings (SSSR count). The molecular formula is C17H18Cl2. The summed E-state index contributed by atoms with van der Waals surface area (Å²) in [4.78, 5) is 0. The van der Waals surface area contributed by atoms with Crippen molar-refractivity contribution in [2.75, 3.05) is 0 Å². The number of aryl methyl sites for hydroxylation is 2. The van der Waals surface area contributed by atoms with Gasteiger partial charge in [0.1, 0.15) is 0 Å². The van der Waals surface area contributed by atoms with Crippen LogP contribution < -0.4 is 0 Å². The van der Waals surface area contributed by atoms with Crippen LogP contribution in [-0.4, -0.2) is 5.38 Å². The van der Waals surface area contributed by atoms with Gasteiger partial charge in [0, 0.05) is 10.4 Å².